The van der Waals surface area contributed by atoms with Crippen molar-refractivity contribution < 1.29 is 43.0 Å². The third-order valence-electron chi connectivity index (χ3n) is 6.82. The number of carbonyl (C=O) groups is 3. The number of benzene rings is 1. The molecule has 1 aromatic carbocycles. The Bertz CT molecular complexity index is 1360. The third kappa shape index (κ3) is 3.76. The zero-order valence-corrected chi connectivity index (χ0v) is 20.2. The second-order valence-corrected chi connectivity index (χ2v) is 8.75. The van der Waals surface area contributed by atoms with E-state index in [-0.39, 0.29) is 53.8 Å². The van der Waals surface area contributed by atoms with Gasteiger partial charge in [-0.2, -0.15) is 0 Å². The Balaban J connectivity index is 0.00000294. The Hall–Kier alpha value is -2.79. The molecular weight excluding hydrogens is 501 g/mol. The van der Waals surface area contributed by atoms with E-state index in [1.165, 1.54) is 19.0 Å². The van der Waals surface area contributed by atoms with E-state index in [0.717, 1.165) is 12.1 Å². The van der Waals surface area contributed by atoms with Gasteiger partial charge in [-0.1, -0.05) is 0 Å². The van der Waals surface area contributed by atoms with Crippen LogP contribution in [-0.2, 0) is 20.8 Å². The number of nitrogens with two attached hydrogens (primary N) is 1. The molecule has 192 valence electrons. The molecule has 3 aliphatic carbocycles. The SMILES string of the molecule is Cl.Cl.[2H]C([2H])([2H])N(c1ccc(O)c2c1C[C@H]1C[C@H]3[C@H](N(C)C)C(=O)C(C(N)=O)=C(O)[C@@]3(O)C(=O)C1=C2O)C([2H])([2H])[2H]. The van der Waals surface area contributed by atoms with Crippen molar-refractivity contribution in [2.24, 2.45) is 17.6 Å². The summed E-state index contributed by atoms with van der Waals surface area (Å²) in [4.78, 5) is 40.5. The molecule has 10 nitrogen and oxygen atoms in total. The van der Waals surface area contributed by atoms with Crippen molar-refractivity contribution in [3.63, 3.8) is 0 Å². The van der Waals surface area contributed by atoms with Gasteiger partial charge in [0, 0.05) is 39.4 Å². The average Bonchev–Trinajstić information content (AvgIpc) is 2.75. The molecule has 12 heteroatoms. The van der Waals surface area contributed by atoms with E-state index in [0.29, 0.717) is 0 Å². The minimum absolute atomic E-state index is 0. The molecule has 1 amide bonds. The van der Waals surface area contributed by atoms with E-state index >= 15 is 0 Å². The highest BCUT2D eigenvalue weighted by atomic mass is 35.5. The fraction of sp³-hybridized carbons (Fsp3) is 0.435. The number of anilines is 1. The molecule has 4 rings (SSSR count). The summed E-state index contributed by atoms with van der Waals surface area (Å²) in [5.74, 6) is -8.56. The second kappa shape index (κ2) is 9.34. The number of Topliss-reactive ketones (excluding diaryl/α,β-unsaturated/α-hetero) is 2. The number of primary amides is 1. The van der Waals surface area contributed by atoms with E-state index in [1.54, 1.807) is 0 Å². The molecule has 0 spiro atoms. The number of aliphatic hydroxyl groups is 3. The summed E-state index contributed by atoms with van der Waals surface area (Å²) < 4.78 is 46.8. The molecule has 0 bridgehead atoms. The molecule has 0 aliphatic heterocycles. The van der Waals surface area contributed by atoms with Gasteiger partial charge in [0.05, 0.1) is 11.6 Å². The molecule has 0 heterocycles. The van der Waals surface area contributed by atoms with Crippen LogP contribution >= 0.6 is 24.8 Å². The van der Waals surface area contributed by atoms with Crippen LogP contribution in [0.4, 0.5) is 5.69 Å². The zero-order chi connectivity index (χ0) is 29.6. The van der Waals surface area contributed by atoms with Crippen LogP contribution in [0.5, 0.6) is 5.75 Å². The van der Waals surface area contributed by atoms with Crippen LogP contribution in [0.3, 0.4) is 0 Å². The quantitative estimate of drug-likeness (QED) is 0.353. The van der Waals surface area contributed by atoms with E-state index in [4.69, 9.17) is 14.0 Å². The number of aromatic hydroxyl groups is 1. The zero-order valence-electron chi connectivity index (χ0n) is 24.6. The normalized spacial score (nSPS) is 30.7. The number of halogens is 2. The van der Waals surface area contributed by atoms with Gasteiger partial charge in [0.1, 0.15) is 22.8 Å². The molecule has 35 heavy (non-hydrogen) atoms. The molecule has 0 radical (unpaired) electrons. The Kier molecular flexibility index (Phi) is 5.45. The molecule has 0 unspecified atom stereocenters. The predicted octanol–water partition coefficient (Wildman–Crippen LogP) is 0.874. The number of fused-ring (bicyclic) bond motifs is 3. The van der Waals surface area contributed by atoms with Gasteiger partial charge in [0.15, 0.2) is 11.4 Å². The number of hydrogen-bond acceptors (Lipinski definition) is 9. The number of amides is 1. The van der Waals surface area contributed by atoms with Crippen LogP contribution in [0.25, 0.3) is 5.76 Å². The van der Waals surface area contributed by atoms with Crippen LogP contribution in [0.2, 0.25) is 0 Å². The number of hydrogen-bond donors (Lipinski definition) is 5. The monoisotopic (exact) mass is 535 g/mol. The number of ketones is 2. The first-order chi connectivity index (χ1) is 17.8. The van der Waals surface area contributed by atoms with Crippen molar-refractivity contribution in [1.29, 1.82) is 0 Å². The standard InChI is InChI=1S/C23H27N3O7.2ClH/c1-25(2)12-5-6-13(27)15-10(12)7-9-8-11-17(26(3)4)19(29)16(22(24)32)21(31)23(11,33)20(30)14(9)18(15)28;;/h5-6,9,11,17,27-28,31,33H,7-8H2,1-4H3,(H2,24,32);2*1H/t9-,11-,17-,23-;;/m0../s1/i1D3,2D3;;. The van der Waals surface area contributed by atoms with Crippen molar-refractivity contribution in [3.05, 3.63) is 40.2 Å². The number of nitrogens with zero attached hydrogens (tertiary/aromatic N) is 2. The molecule has 6 N–H and O–H groups in total. The third-order valence-corrected chi connectivity index (χ3v) is 6.82. The van der Waals surface area contributed by atoms with Crippen molar-refractivity contribution >= 4 is 53.7 Å². The van der Waals surface area contributed by atoms with E-state index in [9.17, 15) is 34.8 Å². The minimum atomic E-state index is -3.16. The predicted molar refractivity (Wildman–Crippen MR) is 133 cm³/mol. The van der Waals surface area contributed by atoms with Gasteiger partial charge < -0.3 is 31.1 Å². The highest BCUT2D eigenvalue weighted by Crippen LogP contribution is 2.53. The highest BCUT2D eigenvalue weighted by Gasteiger charge is 2.64. The number of carbonyl (C=O) groups excluding carboxylic acids is 3. The largest absolute Gasteiger partial charge is 0.508 e. The molecule has 4 atom stereocenters. The van der Waals surface area contributed by atoms with E-state index in [1.807, 2.05) is 0 Å². The second-order valence-electron chi connectivity index (χ2n) is 8.75. The van der Waals surface area contributed by atoms with Crippen LogP contribution < -0.4 is 10.6 Å². The molecule has 1 fully saturated rings. The lowest BCUT2D eigenvalue weighted by Gasteiger charge is -2.50. The van der Waals surface area contributed by atoms with Crippen LogP contribution in [0, 0.1) is 11.8 Å². The van der Waals surface area contributed by atoms with Gasteiger partial charge in [-0.05, 0) is 50.6 Å². The van der Waals surface area contributed by atoms with Crippen molar-refractivity contribution in [2.45, 2.75) is 24.5 Å². The molecule has 1 saturated carbocycles. The fourth-order valence-electron chi connectivity index (χ4n) is 5.44. The van der Waals surface area contributed by atoms with Crippen molar-refractivity contribution in [1.82, 2.24) is 4.90 Å². The Labute approximate surface area is 222 Å². The number of aliphatic hydroxyl groups excluding tert-OH is 2. The molecule has 0 aromatic heterocycles. The lowest BCUT2D eigenvalue weighted by atomic mass is 9.57. The molecule has 1 aromatic rings. The number of phenolic OH excluding ortho intramolecular Hbond substituents is 1. The van der Waals surface area contributed by atoms with Crippen LogP contribution in [-0.4, -0.2) is 82.5 Å². The highest BCUT2D eigenvalue weighted by molar-refractivity contribution is 6.24. The first kappa shape index (κ1) is 20.4. The summed E-state index contributed by atoms with van der Waals surface area (Å²) in [7, 11) is 2.91. The maximum absolute atomic E-state index is 13.8. The maximum Gasteiger partial charge on any atom is 0.255 e. The number of rotatable bonds is 3. The van der Waals surface area contributed by atoms with E-state index < -0.39 is 88.9 Å². The summed E-state index contributed by atoms with van der Waals surface area (Å²) in [5, 5.41) is 44.3. The van der Waals surface area contributed by atoms with Gasteiger partial charge in [0.2, 0.25) is 5.78 Å². The smallest absolute Gasteiger partial charge is 0.255 e. The molecule has 3 aliphatic rings. The molecular formula is C23H29Cl2N3O7. The summed E-state index contributed by atoms with van der Waals surface area (Å²) in [5.41, 5.74) is 0.227. The average molecular weight is 536 g/mol. The topological polar surface area (TPSA) is 165 Å². The first-order valence-electron chi connectivity index (χ1n) is 13.1. The van der Waals surface area contributed by atoms with Gasteiger partial charge >= 0.3 is 0 Å². The van der Waals surface area contributed by atoms with Crippen LogP contribution in [0.15, 0.2) is 29.0 Å². The summed E-state index contributed by atoms with van der Waals surface area (Å²) in [6.07, 6.45) is -0.497. The van der Waals surface area contributed by atoms with E-state index in [2.05, 4.69) is 0 Å². The Morgan fingerprint density at radius 1 is 1.17 bits per heavy atom. The van der Waals surface area contributed by atoms with Gasteiger partial charge in [-0.25, -0.2) is 0 Å². The minimum Gasteiger partial charge on any atom is -0.508 e. The lowest BCUT2D eigenvalue weighted by molar-refractivity contribution is -0.153. The number of phenols is 1. The van der Waals surface area contributed by atoms with Crippen LogP contribution in [0.1, 0.15) is 25.8 Å². The Morgan fingerprint density at radius 2 is 1.80 bits per heavy atom. The summed E-state index contributed by atoms with van der Waals surface area (Å²) in [6.45, 7) is -6.32. The van der Waals surface area contributed by atoms with Gasteiger partial charge in [0.25, 0.3) is 5.91 Å². The van der Waals surface area contributed by atoms with Crippen molar-refractivity contribution in [2.75, 3.05) is 32.9 Å². The van der Waals surface area contributed by atoms with Gasteiger partial charge in [-0.15, -0.1) is 24.8 Å². The summed E-state index contributed by atoms with van der Waals surface area (Å²) in [6, 6.07) is 0.740. The number of likely N-dealkylation sites (N-methyl/N-ethyl adjacent to an activating group) is 1. The Morgan fingerprint density at radius 3 is 2.34 bits per heavy atom. The van der Waals surface area contributed by atoms with Gasteiger partial charge in [-0.3, -0.25) is 19.3 Å². The molecule has 0 saturated heterocycles. The lowest BCUT2D eigenvalue weighted by Crippen LogP contribution is -2.65. The first-order valence-corrected chi connectivity index (χ1v) is 10.1. The fourth-order valence-corrected chi connectivity index (χ4v) is 5.44. The maximum atomic E-state index is 13.8. The van der Waals surface area contributed by atoms with Crippen molar-refractivity contribution in [3.8, 4) is 5.75 Å². The summed E-state index contributed by atoms with van der Waals surface area (Å²) >= 11 is 0.